The van der Waals surface area contributed by atoms with Crippen LogP contribution in [-0.4, -0.2) is 22.7 Å². The lowest BCUT2D eigenvalue weighted by molar-refractivity contribution is 0.0489. The molecule has 2 rings (SSSR count). The second-order valence-corrected chi connectivity index (χ2v) is 3.49. The minimum atomic E-state index is -0.528. The molecule has 90 valence electrons. The third kappa shape index (κ3) is 2.20. The van der Waals surface area contributed by atoms with Gasteiger partial charge in [0.15, 0.2) is 0 Å². The van der Waals surface area contributed by atoms with Gasteiger partial charge in [0.25, 0.3) is 5.89 Å². The number of carbonyl (C=O) groups is 1. The summed E-state index contributed by atoms with van der Waals surface area (Å²) in [5.41, 5.74) is 1.18. The maximum atomic E-state index is 11.5. The van der Waals surface area contributed by atoms with Crippen molar-refractivity contribution in [1.82, 2.24) is 10.1 Å². The van der Waals surface area contributed by atoms with Crippen molar-refractivity contribution in [3.8, 4) is 11.7 Å². The molecule has 2 heterocycles. The largest absolute Gasteiger partial charge is 0.460 e. The molecule has 0 atom stereocenters. The van der Waals surface area contributed by atoms with Crippen molar-refractivity contribution in [2.75, 3.05) is 6.61 Å². The van der Waals surface area contributed by atoms with Gasteiger partial charge in [0.2, 0.25) is 11.5 Å². The summed E-state index contributed by atoms with van der Waals surface area (Å²) in [6.07, 6.45) is 0. The Balaban J connectivity index is 2.33. The number of aryl methyl sites for hydroxylation is 2. The molecule has 2 aromatic rings. The fourth-order valence-corrected chi connectivity index (χ4v) is 1.35. The Morgan fingerprint density at radius 3 is 2.82 bits per heavy atom. The van der Waals surface area contributed by atoms with E-state index in [4.69, 9.17) is 13.7 Å². The zero-order valence-corrected chi connectivity index (χ0v) is 9.81. The zero-order valence-electron chi connectivity index (χ0n) is 9.81. The number of esters is 1. The standard InChI is InChI=1S/C11H12N2O4/c1-4-15-11(14)9-7(3)12-10(16-9)8-5-6(2)13-17-8/h5H,4H2,1-3H3. The third-order valence-electron chi connectivity index (χ3n) is 2.10. The van der Waals surface area contributed by atoms with E-state index >= 15 is 0 Å². The van der Waals surface area contributed by atoms with Gasteiger partial charge in [-0.05, 0) is 20.8 Å². The van der Waals surface area contributed by atoms with E-state index in [0.29, 0.717) is 17.1 Å². The van der Waals surface area contributed by atoms with Crippen LogP contribution in [0.2, 0.25) is 0 Å². The van der Waals surface area contributed by atoms with Crippen molar-refractivity contribution in [3.05, 3.63) is 23.2 Å². The van der Waals surface area contributed by atoms with Gasteiger partial charge in [0, 0.05) is 6.07 Å². The zero-order chi connectivity index (χ0) is 12.4. The minimum Gasteiger partial charge on any atom is -0.460 e. The Bertz CT molecular complexity index is 541. The normalized spacial score (nSPS) is 10.5. The van der Waals surface area contributed by atoms with Crippen LogP contribution in [0.4, 0.5) is 0 Å². The fraction of sp³-hybridized carbons (Fsp3) is 0.364. The molecule has 0 N–H and O–H groups in total. The molecule has 0 unspecified atom stereocenters. The van der Waals surface area contributed by atoms with Gasteiger partial charge in [-0.25, -0.2) is 9.78 Å². The van der Waals surface area contributed by atoms with Crippen molar-refractivity contribution in [2.45, 2.75) is 20.8 Å². The van der Waals surface area contributed by atoms with Crippen LogP contribution in [0.25, 0.3) is 11.7 Å². The molecule has 2 aromatic heterocycles. The Morgan fingerprint density at radius 1 is 1.47 bits per heavy atom. The predicted molar refractivity (Wildman–Crippen MR) is 57.4 cm³/mol. The summed E-state index contributed by atoms with van der Waals surface area (Å²) in [4.78, 5) is 15.6. The van der Waals surface area contributed by atoms with Crippen LogP contribution in [0.1, 0.15) is 28.9 Å². The van der Waals surface area contributed by atoms with E-state index in [1.54, 1.807) is 26.8 Å². The van der Waals surface area contributed by atoms with E-state index in [9.17, 15) is 4.79 Å². The van der Waals surface area contributed by atoms with E-state index in [1.807, 2.05) is 0 Å². The summed E-state index contributed by atoms with van der Waals surface area (Å²) in [6, 6.07) is 1.68. The lowest BCUT2D eigenvalue weighted by atomic mass is 10.4. The van der Waals surface area contributed by atoms with E-state index in [0.717, 1.165) is 0 Å². The van der Waals surface area contributed by atoms with Crippen molar-refractivity contribution >= 4 is 5.97 Å². The highest BCUT2D eigenvalue weighted by molar-refractivity contribution is 5.87. The highest BCUT2D eigenvalue weighted by Gasteiger charge is 2.21. The number of aromatic nitrogens is 2. The Hall–Kier alpha value is -2.11. The van der Waals surface area contributed by atoms with E-state index in [2.05, 4.69) is 10.1 Å². The molecule has 17 heavy (non-hydrogen) atoms. The molecule has 0 radical (unpaired) electrons. The van der Waals surface area contributed by atoms with Gasteiger partial charge in [-0.2, -0.15) is 0 Å². The Morgan fingerprint density at radius 2 is 2.24 bits per heavy atom. The molecule has 0 aliphatic carbocycles. The topological polar surface area (TPSA) is 78.4 Å². The molecular weight excluding hydrogens is 224 g/mol. The summed E-state index contributed by atoms with van der Waals surface area (Å²) < 4.78 is 15.2. The number of oxazole rings is 1. The number of hydrogen-bond acceptors (Lipinski definition) is 6. The van der Waals surface area contributed by atoms with Gasteiger partial charge in [-0.15, -0.1) is 0 Å². The average molecular weight is 236 g/mol. The highest BCUT2D eigenvalue weighted by Crippen LogP contribution is 2.22. The first-order chi connectivity index (χ1) is 8.11. The summed E-state index contributed by atoms with van der Waals surface area (Å²) in [5, 5.41) is 3.72. The molecule has 0 aliphatic heterocycles. The number of carbonyl (C=O) groups excluding carboxylic acids is 1. The fourth-order valence-electron chi connectivity index (χ4n) is 1.35. The van der Waals surface area contributed by atoms with Crippen molar-refractivity contribution < 1.29 is 18.5 Å². The minimum absolute atomic E-state index is 0.0934. The van der Waals surface area contributed by atoms with Crippen LogP contribution in [0.3, 0.4) is 0 Å². The number of hydrogen-bond donors (Lipinski definition) is 0. The predicted octanol–water partition coefficient (Wildman–Crippen LogP) is 2.12. The molecule has 0 saturated heterocycles. The van der Waals surface area contributed by atoms with Gasteiger partial charge >= 0.3 is 5.97 Å². The lowest BCUT2D eigenvalue weighted by Crippen LogP contribution is -2.04. The van der Waals surface area contributed by atoms with E-state index in [-0.39, 0.29) is 18.3 Å². The van der Waals surface area contributed by atoms with Crippen LogP contribution >= 0.6 is 0 Å². The third-order valence-corrected chi connectivity index (χ3v) is 2.10. The van der Waals surface area contributed by atoms with Crippen LogP contribution in [0, 0.1) is 13.8 Å². The van der Waals surface area contributed by atoms with Gasteiger partial charge in [-0.3, -0.25) is 0 Å². The molecule has 0 bridgehead atoms. The molecule has 0 aliphatic rings. The van der Waals surface area contributed by atoms with Gasteiger partial charge < -0.3 is 13.7 Å². The summed E-state index contributed by atoms with van der Waals surface area (Å²) in [7, 11) is 0. The maximum absolute atomic E-state index is 11.5. The number of rotatable bonds is 3. The molecular formula is C11H12N2O4. The maximum Gasteiger partial charge on any atom is 0.376 e. The van der Waals surface area contributed by atoms with Crippen molar-refractivity contribution in [3.63, 3.8) is 0 Å². The Kier molecular flexibility index (Phi) is 2.95. The lowest BCUT2D eigenvalue weighted by Gasteiger charge is -1.96. The van der Waals surface area contributed by atoms with Gasteiger partial charge in [0.05, 0.1) is 18.0 Å². The summed E-state index contributed by atoms with van der Waals surface area (Å²) in [5.74, 6) is 0.184. The quantitative estimate of drug-likeness (QED) is 0.759. The second kappa shape index (κ2) is 4.40. The highest BCUT2D eigenvalue weighted by atomic mass is 16.5. The van der Waals surface area contributed by atoms with Gasteiger partial charge in [-0.1, -0.05) is 5.16 Å². The molecule has 0 aromatic carbocycles. The van der Waals surface area contributed by atoms with E-state index < -0.39 is 5.97 Å². The molecule has 6 heteroatoms. The van der Waals surface area contributed by atoms with Crippen molar-refractivity contribution in [1.29, 1.82) is 0 Å². The SMILES string of the molecule is CCOC(=O)c1oc(-c2cc(C)no2)nc1C. The Labute approximate surface area is 97.6 Å². The number of nitrogens with zero attached hydrogens (tertiary/aromatic N) is 2. The monoisotopic (exact) mass is 236 g/mol. The molecule has 0 spiro atoms. The first-order valence-corrected chi connectivity index (χ1v) is 5.20. The number of ether oxygens (including phenoxy) is 1. The van der Waals surface area contributed by atoms with Crippen LogP contribution in [0.5, 0.6) is 0 Å². The first kappa shape index (κ1) is 11.4. The smallest absolute Gasteiger partial charge is 0.376 e. The summed E-state index contributed by atoms with van der Waals surface area (Å²) in [6.45, 7) is 5.47. The first-order valence-electron chi connectivity index (χ1n) is 5.20. The molecule has 0 fully saturated rings. The van der Waals surface area contributed by atoms with Crippen LogP contribution in [-0.2, 0) is 4.74 Å². The van der Waals surface area contributed by atoms with E-state index in [1.165, 1.54) is 0 Å². The second-order valence-electron chi connectivity index (χ2n) is 3.49. The molecule has 0 amide bonds. The molecule has 0 saturated carbocycles. The van der Waals surface area contributed by atoms with Crippen molar-refractivity contribution in [2.24, 2.45) is 0 Å². The van der Waals surface area contributed by atoms with Gasteiger partial charge in [0.1, 0.15) is 0 Å². The molecule has 6 nitrogen and oxygen atoms in total. The van der Waals surface area contributed by atoms with Crippen LogP contribution in [0.15, 0.2) is 15.0 Å². The summed E-state index contributed by atoms with van der Waals surface area (Å²) >= 11 is 0. The average Bonchev–Trinajstić information content (AvgIpc) is 2.85. The van der Waals surface area contributed by atoms with Crippen LogP contribution < -0.4 is 0 Å².